The van der Waals surface area contributed by atoms with Crippen molar-refractivity contribution in [1.82, 2.24) is 15.5 Å². The first kappa shape index (κ1) is 16.3. The lowest BCUT2D eigenvalue weighted by molar-refractivity contribution is -0.121. The summed E-state index contributed by atoms with van der Waals surface area (Å²) in [6.45, 7) is 3.92. The molecule has 0 aliphatic carbocycles. The van der Waals surface area contributed by atoms with Gasteiger partial charge in [-0.1, -0.05) is 24.3 Å². The number of urea groups is 1. The van der Waals surface area contributed by atoms with Crippen LogP contribution in [0.15, 0.2) is 24.3 Å². The Bertz CT molecular complexity index is 533. The molecule has 1 aromatic rings. The molecule has 0 radical (unpaired) electrons. The number of nitrogens with one attached hydrogen (secondary N) is 2. The first-order chi connectivity index (χ1) is 10.6. The number of nitrogens with zero attached hydrogens (tertiary/aromatic N) is 1. The van der Waals surface area contributed by atoms with E-state index in [1.807, 2.05) is 19.1 Å². The molecule has 6 nitrogen and oxygen atoms in total. The lowest BCUT2D eigenvalue weighted by Crippen LogP contribution is -2.44. The topological polar surface area (TPSA) is 87.5 Å². The maximum atomic E-state index is 12.1. The molecular formula is C16H24N4O2. The number of carbonyl (C=O) groups excluding carboxylic acids is 2. The second-order valence-electron chi connectivity index (χ2n) is 5.63. The van der Waals surface area contributed by atoms with Crippen molar-refractivity contribution in [1.29, 1.82) is 0 Å². The van der Waals surface area contributed by atoms with Crippen LogP contribution < -0.4 is 16.4 Å². The number of amides is 3. The van der Waals surface area contributed by atoms with Crippen molar-refractivity contribution < 1.29 is 9.59 Å². The molecule has 1 atom stereocenters. The van der Waals surface area contributed by atoms with Crippen LogP contribution in [0.1, 0.15) is 24.5 Å². The van der Waals surface area contributed by atoms with E-state index in [-0.39, 0.29) is 24.4 Å². The summed E-state index contributed by atoms with van der Waals surface area (Å²) in [6.07, 6.45) is 1.14. The minimum absolute atomic E-state index is 0.0400. The van der Waals surface area contributed by atoms with Gasteiger partial charge in [0.2, 0.25) is 5.91 Å². The third-order valence-electron chi connectivity index (χ3n) is 3.81. The number of hydrogen-bond acceptors (Lipinski definition) is 3. The van der Waals surface area contributed by atoms with Gasteiger partial charge in [0.1, 0.15) is 0 Å². The molecule has 0 aromatic heterocycles. The highest BCUT2D eigenvalue weighted by Crippen LogP contribution is 2.18. The maximum absolute atomic E-state index is 12.1. The normalized spacial score (nSPS) is 14.9. The van der Waals surface area contributed by atoms with Gasteiger partial charge in [-0.05, 0) is 24.5 Å². The second kappa shape index (κ2) is 7.79. The van der Waals surface area contributed by atoms with E-state index in [0.717, 1.165) is 6.42 Å². The number of nitrogens with two attached hydrogens (primary N) is 1. The van der Waals surface area contributed by atoms with Crippen molar-refractivity contribution in [2.24, 2.45) is 5.73 Å². The maximum Gasteiger partial charge on any atom is 0.317 e. The van der Waals surface area contributed by atoms with Gasteiger partial charge in [0.25, 0.3) is 0 Å². The predicted octanol–water partition coefficient (Wildman–Crippen LogP) is 0.608. The fourth-order valence-corrected chi connectivity index (χ4v) is 2.47. The zero-order chi connectivity index (χ0) is 15.9. The third-order valence-corrected chi connectivity index (χ3v) is 3.81. The summed E-state index contributed by atoms with van der Waals surface area (Å²) in [5.74, 6) is -0.0951. The van der Waals surface area contributed by atoms with Crippen LogP contribution in [0.4, 0.5) is 4.79 Å². The Morgan fingerprint density at radius 3 is 2.77 bits per heavy atom. The molecule has 1 aliphatic rings. The molecule has 0 saturated heterocycles. The van der Waals surface area contributed by atoms with E-state index in [9.17, 15) is 9.59 Å². The summed E-state index contributed by atoms with van der Waals surface area (Å²) in [5.41, 5.74) is 7.94. The Hall–Kier alpha value is -2.08. The first-order valence-corrected chi connectivity index (χ1v) is 7.69. The van der Waals surface area contributed by atoms with Gasteiger partial charge < -0.3 is 21.3 Å². The Morgan fingerprint density at radius 1 is 1.32 bits per heavy atom. The summed E-state index contributed by atoms with van der Waals surface area (Å²) >= 11 is 0. The molecule has 1 aromatic carbocycles. The van der Waals surface area contributed by atoms with Crippen LogP contribution in [0.2, 0.25) is 0 Å². The molecular weight excluding hydrogens is 280 g/mol. The minimum atomic E-state index is -0.117. The molecule has 1 heterocycles. The zero-order valence-corrected chi connectivity index (χ0v) is 13.0. The Morgan fingerprint density at radius 2 is 2.05 bits per heavy atom. The van der Waals surface area contributed by atoms with E-state index in [2.05, 4.69) is 22.8 Å². The molecule has 0 saturated carbocycles. The lowest BCUT2D eigenvalue weighted by Gasteiger charge is -2.28. The average molecular weight is 304 g/mol. The summed E-state index contributed by atoms with van der Waals surface area (Å²) in [6, 6.07) is 8.01. The van der Waals surface area contributed by atoms with E-state index in [1.54, 1.807) is 4.90 Å². The summed E-state index contributed by atoms with van der Waals surface area (Å²) in [4.78, 5) is 25.5. The Kier molecular flexibility index (Phi) is 5.77. The average Bonchev–Trinajstić information content (AvgIpc) is 2.54. The minimum Gasteiger partial charge on any atom is -0.352 e. The predicted molar refractivity (Wildman–Crippen MR) is 85.2 cm³/mol. The van der Waals surface area contributed by atoms with Gasteiger partial charge in [-0.15, -0.1) is 0 Å². The van der Waals surface area contributed by atoms with Gasteiger partial charge >= 0.3 is 6.03 Å². The van der Waals surface area contributed by atoms with E-state index in [4.69, 9.17) is 5.73 Å². The highest BCUT2D eigenvalue weighted by Gasteiger charge is 2.20. The number of rotatable bonds is 5. The highest BCUT2D eigenvalue weighted by atomic mass is 16.2. The van der Waals surface area contributed by atoms with E-state index in [1.165, 1.54) is 11.1 Å². The van der Waals surface area contributed by atoms with Crippen molar-refractivity contribution >= 4 is 11.9 Å². The van der Waals surface area contributed by atoms with E-state index in [0.29, 0.717) is 26.2 Å². The summed E-state index contributed by atoms with van der Waals surface area (Å²) < 4.78 is 0. The number of carbonyl (C=O) groups is 2. The van der Waals surface area contributed by atoms with Crippen LogP contribution in [-0.4, -0.2) is 42.5 Å². The molecule has 0 bridgehead atoms. The Labute approximate surface area is 131 Å². The molecule has 6 heteroatoms. The molecule has 0 unspecified atom stereocenters. The number of benzene rings is 1. The first-order valence-electron chi connectivity index (χ1n) is 7.69. The summed E-state index contributed by atoms with van der Waals surface area (Å²) in [5, 5.41) is 5.57. The fraction of sp³-hybridized carbons (Fsp3) is 0.500. The van der Waals surface area contributed by atoms with Gasteiger partial charge in [0.15, 0.2) is 0 Å². The highest BCUT2D eigenvalue weighted by molar-refractivity contribution is 5.78. The van der Waals surface area contributed by atoms with Gasteiger partial charge in [-0.25, -0.2) is 4.79 Å². The van der Waals surface area contributed by atoms with Gasteiger partial charge in [0, 0.05) is 38.6 Å². The van der Waals surface area contributed by atoms with Crippen LogP contribution in [0.5, 0.6) is 0 Å². The van der Waals surface area contributed by atoms with Gasteiger partial charge in [-0.2, -0.15) is 0 Å². The molecule has 120 valence electrons. The molecule has 0 fully saturated rings. The standard InChI is InChI=1S/C16H24N4O2/c1-12(10-17)19-15(21)6-8-18-16(22)20-9-7-13-4-2-3-5-14(13)11-20/h2-5,12H,6-11,17H2,1H3,(H,18,22)(H,19,21)/t12-/m0/s1. The van der Waals surface area contributed by atoms with Crippen molar-refractivity contribution in [3.05, 3.63) is 35.4 Å². The van der Waals surface area contributed by atoms with Gasteiger partial charge in [-0.3, -0.25) is 4.79 Å². The SMILES string of the molecule is C[C@@H](CN)NC(=O)CCNC(=O)N1CCc2ccccc2C1. The Balaban J connectivity index is 1.74. The fourth-order valence-electron chi connectivity index (χ4n) is 2.47. The molecule has 4 N–H and O–H groups in total. The van der Waals surface area contributed by atoms with Crippen molar-refractivity contribution in [2.45, 2.75) is 32.4 Å². The van der Waals surface area contributed by atoms with E-state index < -0.39 is 0 Å². The van der Waals surface area contributed by atoms with Crippen molar-refractivity contribution in [2.75, 3.05) is 19.6 Å². The van der Waals surface area contributed by atoms with Crippen LogP contribution in [-0.2, 0) is 17.8 Å². The monoisotopic (exact) mass is 304 g/mol. The lowest BCUT2D eigenvalue weighted by atomic mass is 10.0. The number of hydrogen-bond donors (Lipinski definition) is 3. The zero-order valence-electron chi connectivity index (χ0n) is 13.0. The third kappa shape index (κ3) is 4.46. The van der Waals surface area contributed by atoms with Crippen molar-refractivity contribution in [3.63, 3.8) is 0 Å². The van der Waals surface area contributed by atoms with Crippen LogP contribution >= 0.6 is 0 Å². The molecule has 0 spiro atoms. The largest absolute Gasteiger partial charge is 0.352 e. The molecule has 3 amide bonds. The number of fused-ring (bicyclic) bond motifs is 1. The van der Waals surface area contributed by atoms with Crippen molar-refractivity contribution in [3.8, 4) is 0 Å². The molecule has 2 rings (SSSR count). The molecule has 22 heavy (non-hydrogen) atoms. The van der Waals surface area contributed by atoms with Crippen LogP contribution in [0, 0.1) is 0 Å². The smallest absolute Gasteiger partial charge is 0.317 e. The van der Waals surface area contributed by atoms with Gasteiger partial charge in [0.05, 0.1) is 0 Å². The van der Waals surface area contributed by atoms with E-state index >= 15 is 0 Å². The van der Waals surface area contributed by atoms with Crippen LogP contribution in [0.25, 0.3) is 0 Å². The second-order valence-corrected chi connectivity index (χ2v) is 5.63. The van der Waals surface area contributed by atoms with Crippen LogP contribution in [0.3, 0.4) is 0 Å². The summed E-state index contributed by atoms with van der Waals surface area (Å²) in [7, 11) is 0. The quantitative estimate of drug-likeness (QED) is 0.745. The molecule has 1 aliphatic heterocycles.